The fraction of sp³-hybridized carbons (Fsp3) is 0.833. The van der Waals surface area contributed by atoms with Crippen molar-refractivity contribution in [2.24, 2.45) is 0 Å². The van der Waals surface area contributed by atoms with Crippen molar-refractivity contribution in [3.8, 4) is 0 Å². The van der Waals surface area contributed by atoms with Gasteiger partial charge in [0.2, 0.25) is 0 Å². The summed E-state index contributed by atoms with van der Waals surface area (Å²) in [6, 6.07) is 0.404. The number of hydrogen-bond acceptors (Lipinski definition) is 4. The third kappa shape index (κ3) is 5.02. The van der Waals surface area contributed by atoms with Crippen LogP contribution in [0, 0.1) is 0 Å². The number of carbonyl (C=O) groups is 1. The van der Waals surface area contributed by atoms with E-state index >= 15 is 0 Å². The normalized spacial score (nSPS) is 19.8. The molecule has 1 aliphatic heterocycles. The molecule has 0 bridgehead atoms. The maximum Gasteiger partial charge on any atom is 0.408 e. The number of ether oxygens (including phenoxy) is 1. The highest BCUT2D eigenvalue weighted by Crippen LogP contribution is 2.18. The smallest absolute Gasteiger partial charge is 0.408 e. The number of rotatable bonds is 3. The van der Waals surface area contributed by atoms with Crippen LogP contribution in [0.5, 0.6) is 0 Å². The highest BCUT2D eigenvalue weighted by molar-refractivity contribution is 7.80. The summed E-state index contributed by atoms with van der Waals surface area (Å²) in [4.78, 5) is 14.4. The highest BCUT2D eigenvalue weighted by atomic mass is 32.1. The largest absolute Gasteiger partial charge is 0.444 e. The Morgan fingerprint density at radius 1 is 1.56 bits per heavy atom. The molecule has 4 nitrogen and oxygen atoms in total. The summed E-state index contributed by atoms with van der Waals surface area (Å²) in [6.45, 7) is 6.82. The molecular formula is C12H22N2O2S2. The minimum atomic E-state index is -0.479. The van der Waals surface area contributed by atoms with E-state index < -0.39 is 11.7 Å². The predicted octanol–water partition coefficient (Wildman–Crippen LogP) is 2.23. The van der Waals surface area contributed by atoms with Gasteiger partial charge < -0.3 is 15.0 Å². The molecule has 1 aliphatic rings. The molecule has 1 rings (SSSR count). The summed E-state index contributed by atoms with van der Waals surface area (Å²) < 4.78 is 5.16. The van der Waals surface area contributed by atoms with E-state index in [1.54, 1.807) is 0 Å². The zero-order chi connectivity index (χ0) is 13.8. The molecule has 1 heterocycles. The van der Waals surface area contributed by atoms with Crippen molar-refractivity contribution in [2.45, 2.75) is 45.3 Å². The van der Waals surface area contributed by atoms with Crippen molar-refractivity contribution in [3.63, 3.8) is 0 Å². The van der Waals surface area contributed by atoms with Crippen LogP contribution in [0.4, 0.5) is 4.79 Å². The molecule has 0 unspecified atom stereocenters. The second-order valence-electron chi connectivity index (χ2n) is 5.42. The number of thiocarbonyl (C=S) groups is 1. The van der Waals surface area contributed by atoms with Crippen LogP contribution in [-0.4, -0.2) is 46.5 Å². The Balaban J connectivity index is 2.35. The summed E-state index contributed by atoms with van der Waals surface area (Å²) in [5.41, 5.74) is -0.479. The molecule has 6 heteroatoms. The van der Waals surface area contributed by atoms with Gasteiger partial charge in [-0.25, -0.2) is 4.79 Å². The van der Waals surface area contributed by atoms with Crippen LogP contribution >= 0.6 is 24.8 Å². The first-order valence-corrected chi connectivity index (χ1v) is 7.25. The molecule has 1 fully saturated rings. The molecule has 0 radical (unpaired) electrons. The number of thiol groups is 1. The van der Waals surface area contributed by atoms with Crippen molar-refractivity contribution < 1.29 is 9.53 Å². The van der Waals surface area contributed by atoms with Gasteiger partial charge in [-0.3, -0.25) is 0 Å². The fourth-order valence-electron chi connectivity index (χ4n) is 1.92. The molecule has 0 spiro atoms. The first-order chi connectivity index (χ1) is 8.33. The Morgan fingerprint density at radius 2 is 2.22 bits per heavy atom. The SMILES string of the molecule is CC(C)(C)OC(=O)NCC(=S)N1CCC[C@H]1CS. The van der Waals surface area contributed by atoms with E-state index in [-0.39, 0.29) is 0 Å². The number of carbonyl (C=O) groups excluding carboxylic acids is 1. The van der Waals surface area contributed by atoms with Crippen LogP contribution in [0.25, 0.3) is 0 Å². The lowest BCUT2D eigenvalue weighted by atomic mass is 10.2. The Bertz CT molecular complexity index is 316. The average molecular weight is 290 g/mol. The maximum atomic E-state index is 11.5. The molecule has 1 saturated heterocycles. The van der Waals surface area contributed by atoms with Crippen LogP contribution in [0.2, 0.25) is 0 Å². The Labute approximate surface area is 120 Å². The lowest BCUT2D eigenvalue weighted by Crippen LogP contribution is -2.43. The molecule has 104 valence electrons. The molecule has 0 saturated carbocycles. The number of alkyl carbamates (subject to hydrolysis) is 1. The number of likely N-dealkylation sites (tertiary alicyclic amines) is 1. The van der Waals surface area contributed by atoms with Gasteiger partial charge in [-0.15, -0.1) is 0 Å². The first kappa shape index (κ1) is 15.6. The van der Waals surface area contributed by atoms with Crippen molar-refractivity contribution in [3.05, 3.63) is 0 Å². The Hall–Kier alpha value is -0.490. The quantitative estimate of drug-likeness (QED) is 0.618. The summed E-state index contributed by atoms with van der Waals surface area (Å²) in [6.07, 6.45) is 1.83. The summed E-state index contributed by atoms with van der Waals surface area (Å²) >= 11 is 9.66. The Morgan fingerprint density at radius 3 is 2.78 bits per heavy atom. The molecule has 1 atom stereocenters. The molecule has 0 aliphatic carbocycles. The van der Waals surface area contributed by atoms with Gasteiger partial charge >= 0.3 is 6.09 Å². The van der Waals surface area contributed by atoms with E-state index in [9.17, 15) is 4.79 Å². The van der Waals surface area contributed by atoms with E-state index in [4.69, 9.17) is 17.0 Å². The monoisotopic (exact) mass is 290 g/mol. The van der Waals surface area contributed by atoms with Crippen LogP contribution in [0.1, 0.15) is 33.6 Å². The Kier molecular flexibility index (Phi) is 5.72. The predicted molar refractivity (Wildman–Crippen MR) is 80.4 cm³/mol. The van der Waals surface area contributed by atoms with Crippen LogP contribution in [0.3, 0.4) is 0 Å². The number of amides is 1. The van der Waals surface area contributed by atoms with Crippen molar-refractivity contribution in [2.75, 3.05) is 18.8 Å². The number of hydrogen-bond donors (Lipinski definition) is 2. The zero-order valence-corrected chi connectivity index (χ0v) is 12.9. The number of nitrogens with one attached hydrogen (secondary N) is 1. The van der Waals surface area contributed by atoms with E-state index in [0.717, 1.165) is 30.1 Å². The van der Waals surface area contributed by atoms with E-state index in [0.29, 0.717) is 12.6 Å². The van der Waals surface area contributed by atoms with Crippen LogP contribution in [-0.2, 0) is 4.74 Å². The lowest BCUT2D eigenvalue weighted by Gasteiger charge is -2.26. The van der Waals surface area contributed by atoms with Gasteiger partial charge in [-0.2, -0.15) is 12.6 Å². The van der Waals surface area contributed by atoms with Gasteiger partial charge in [0.25, 0.3) is 0 Å². The van der Waals surface area contributed by atoms with Gasteiger partial charge in [0.1, 0.15) is 5.60 Å². The minimum Gasteiger partial charge on any atom is -0.444 e. The third-order valence-corrected chi connectivity index (χ3v) is 3.49. The number of nitrogens with zero attached hydrogens (tertiary/aromatic N) is 1. The second kappa shape index (κ2) is 6.61. The van der Waals surface area contributed by atoms with Crippen molar-refractivity contribution >= 4 is 35.9 Å². The van der Waals surface area contributed by atoms with E-state index in [1.165, 1.54) is 0 Å². The van der Waals surface area contributed by atoms with E-state index in [1.807, 2.05) is 20.8 Å². The molecular weight excluding hydrogens is 268 g/mol. The van der Waals surface area contributed by atoms with Gasteiger partial charge in [0.05, 0.1) is 11.5 Å². The summed E-state index contributed by atoms with van der Waals surface area (Å²) in [5.74, 6) is 0.798. The molecule has 0 aromatic rings. The standard InChI is InChI=1S/C12H22N2O2S2/c1-12(2,3)16-11(15)13-7-10(18)14-6-4-5-9(14)8-17/h9,17H,4-8H2,1-3H3,(H,13,15)/t9-/m0/s1. The van der Waals surface area contributed by atoms with Crippen LogP contribution in [0.15, 0.2) is 0 Å². The maximum absolute atomic E-state index is 11.5. The van der Waals surface area contributed by atoms with Gasteiger partial charge in [-0.05, 0) is 33.6 Å². The molecule has 18 heavy (non-hydrogen) atoms. The average Bonchev–Trinajstić information content (AvgIpc) is 2.71. The lowest BCUT2D eigenvalue weighted by molar-refractivity contribution is 0.0535. The summed E-state index contributed by atoms with van der Waals surface area (Å²) in [5, 5.41) is 2.69. The molecule has 0 aromatic carbocycles. The van der Waals surface area contributed by atoms with Gasteiger partial charge in [0, 0.05) is 18.3 Å². The molecule has 1 amide bonds. The summed E-state index contributed by atoms with van der Waals surface area (Å²) in [7, 11) is 0. The zero-order valence-electron chi connectivity index (χ0n) is 11.2. The molecule has 1 N–H and O–H groups in total. The van der Waals surface area contributed by atoms with E-state index in [2.05, 4.69) is 22.8 Å². The fourth-order valence-corrected chi connectivity index (χ4v) is 2.61. The molecule has 0 aromatic heterocycles. The third-order valence-electron chi connectivity index (χ3n) is 2.69. The second-order valence-corrected chi connectivity index (χ2v) is 6.26. The topological polar surface area (TPSA) is 41.6 Å². The van der Waals surface area contributed by atoms with Gasteiger partial charge in [0.15, 0.2) is 0 Å². The van der Waals surface area contributed by atoms with Crippen molar-refractivity contribution in [1.29, 1.82) is 0 Å². The van der Waals surface area contributed by atoms with Gasteiger partial charge in [-0.1, -0.05) is 12.2 Å². The van der Waals surface area contributed by atoms with Crippen molar-refractivity contribution in [1.82, 2.24) is 10.2 Å². The highest BCUT2D eigenvalue weighted by Gasteiger charge is 2.25. The first-order valence-electron chi connectivity index (χ1n) is 6.20. The minimum absolute atomic E-state index is 0.356. The van der Waals surface area contributed by atoms with Crippen LogP contribution < -0.4 is 5.32 Å².